The van der Waals surface area contributed by atoms with Crippen LogP contribution in [0.15, 0.2) is 48.0 Å². The Labute approximate surface area is 184 Å². The van der Waals surface area contributed by atoms with E-state index in [4.69, 9.17) is 0 Å². The third-order valence-electron chi connectivity index (χ3n) is 7.80. The molecule has 2 aromatic carbocycles. The smallest absolute Gasteiger partial charge is 0.508 e. The lowest BCUT2D eigenvalue weighted by atomic mass is 9.55. The summed E-state index contributed by atoms with van der Waals surface area (Å²) in [6, 6.07) is 11.3. The van der Waals surface area contributed by atoms with Crippen molar-refractivity contribution in [2.75, 3.05) is 0 Å². The first kappa shape index (κ1) is 21.1. The number of halogens is 3. The van der Waals surface area contributed by atoms with Gasteiger partial charge in [-0.15, -0.1) is 13.2 Å². The number of hydrogen-bond acceptors (Lipinski definition) is 3. The number of alkyl halides is 3. The van der Waals surface area contributed by atoms with E-state index < -0.39 is 6.36 Å². The van der Waals surface area contributed by atoms with Crippen LogP contribution in [-0.4, -0.2) is 17.3 Å². The van der Waals surface area contributed by atoms with E-state index in [0.29, 0.717) is 29.6 Å². The Hall–Kier alpha value is -2.76. The normalized spacial score (nSPS) is 30.6. The van der Waals surface area contributed by atoms with Gasteiger partial charge in [-0.1, -0.05) is 25.1 Å². The van der Waals surface area contributed by atoms with Gasteiger partial charge in [-0.3, -0.25) is 4.79 Å². The number of carbonyl (C=O) groups excluding carboxylic acids is 1. The number of phenols is 1. The number of fused-ring (bicyclic) bond motifs is 5. The molecule has 2 saturated carbocycles. The lowest BCUT2D eigenvalue weighted by Gasteiger charge is -2.48. The molecule has 32 heavy (non-hydrogen) atoms. The van der Waals surface area contributed by atoms with Crippen molar-refractivity contribution in [3.8, 4) is 11.5 Å². The molecule has 0 amide bonds. The predicted molar refractivity (Wildman–Crippen MR) is 114 cm³/mol. The predicted octanol–water partition coefficient (Wildman–Crippen LogP) is 6.41. The van der Waals surface area contributed by atoms with Crippen molar-refractivity contribution >= 4 is 11.9 Å². The number of ether oxygens (including phenoxy) is 1. The van der Waals surface area contributed by atoms with Gasteiger partial charge < -0.3 is 9.84 Å². The molecule has 0 aliphatic heterocycles. The number of carbonyl (C=O) groups is 1. The summed E-state index contributed by atoms with van der Waals surface area (Å²) >= 11 is 0. The molecule has 0 spiro atoms. The van der Waals surface area contributed by atoms with E-state index in [1.807, 2.05) is 18.2 Å². The van der Waals surface area contributed by atoms with Crippen molar-refractivity contribution < 1.29 is 27.8 Å². The summed E-state index contributed by atoms with van der Waals surface area (Å²) in [4.78, 5) is 13.4. The highest BCUT2D eigenvalue weighted by atomic mass is 19.4. The Morgan fingerprint density at radius 1 is 1.12 bits per heavy atom. The molecule has 0 radical (unpaired) electrons. The summed E-state index contributed by atoms with van der Waals surface area (Å²) in [5.41, 5.74) is 3.61. The van der Waals surface area contributed by atoms with E-state index in [9.17, 15) is 23.1 Å². The number of allylic oxidation sites excluding steroid dienone is 1. The van der Waals surface area contributed by atoms with E-state index >= 15 is 0 Å². The average Bonchev–Trinajstić information content (AvgIpc) is 2.98. The van der Waals surface area contributed by atoms with Gasteiger partial charge in [0.15, 0.2) is 5.78 Å². The van der Waals surface area contributed by atoms with Crippen LogP contribution in [-0.2, 0) is 11.2 Å². The summed E-state index contributed by atoms with van der Waals surface area (Å²) in [6.45, 7) is 2.09. The van der Waals surface area contributed by atoms with Gasteiger partial charge in [0.05, 0.1) is 0 Å². The van der Waals surface area contributed by atoms with Crippen LogP contribution in [0, 0.1) is 17.3 Å². The van der Waals surface area contributed by atoms with E-state index in [0.717, 1.165) is 31.3 Å². The molecule has 4 unspecified atom stereocenters. The number of rotatable bonds is 2. The number of Topliss-reactive ketones (excluding diaryl/α,β-unsaturated/α-hetero) is 1. The molecule has 3 aliphatic carbocycles. The fourth-order valence-electron chi connectivity index (χ4n) is 6.34. The second-order valence-electron chi connectivity index (χ2n) is 9.57. The molecule has 168 valence electrons. The van der Waals surface area contributed by atoms with Crippen molar-refractivity contribution in [2.24, 2.45) is 17.3 Å². The molecular weight excluding hydrogens is 417 g/mol. The van der Waals surface area contributed by atoms with Crippen molar-refractivity contribution in [3.05, 3.63) is 64.7 Å². The zero-order valence-corrected chi connectivity index (χ0v) is 17.8. The second-order valence-corrected chi connectivity index (χ2v) is 9.57. The maximum Gasteiger partial charge on any atom is 0.573 e. The maximum absolute atomic E-state index is 13.4. The fourth-order valence-corrected chi connectivity index (χ4v) is 6.34. The summed E-state index contributed by atoms with van der Waals surface area (Å²) in [5.74, 6) is 1.29. The number of ketones is 1. The molecule has 0 bridgehead atoms. The van der Waals surface area contributed by atoms with Crippen LogP contribution in [0.1, 0.15) is 55.2 Å². The Kier molecular flexibility index (Phi) is 4.88. The second kappa shape index (κ2) is 7.39. The zero-order valence-electron chi connectivity index (χ0n) is 17.8. The molecule has 5 rings (SSSR count). The first-order chi connectivity index (χ1) is 15.1. The lowest BCUT2D eigenvalue weighted by Crippen LogP contribution is -2.42. The molecule has 1 N–H and O–H groups in total. The molecule has 2 aromatic rings. The number of aryl methyl sites for hydroxylation is 1. The van der Waals surface area contributed by atoms with E-state index in [1.54, 1.807) is 18.2 Å². The number of benzene rings is 2. The van der Waals surface area contributed by atoms with Crippen LogP contribution < -0.4 is 4.74 Å². The Morgan fingerprint density at radius 3 is 2.59 bits per heavy atom. The lowest BCUT2D eigenvalue weighted by molar-refractivity contribution is -0.274. The zero-order chi connectivity index (χ0) is 22.7. The highest BCUT2D eigenvalue weighted by molar-refractivity contribution is 6.06. The van der Waals surface area contributed by atoms with E-state index in [2.05, 4.69) is 11.7 Å². The minimum atomic E-state index is -4.72. The van der Waals surface area contributed by atoms with Crippen LogP contribution in [0.25, 0.3) is 6.08 Å². The monoisotopic (exact) mass is 442 g/mol. The van der Waals surface area contributed by atoms with Gasteiger partial charge >= 0.3 is 6.36 Å². The Bertz CT molecular complexity index is 1090. The topological polar surface area (TPSA) is 46.5 Å². The van der Waals surface area contributed by atoms with Crippen LogP contribution in [0.5, 0.6) is 11.5 Å². The van der Waals surface area contributed by atoms with Crippen molar-refractivity contribution in [1.82, 2.24) is 0 Å². The largest absolute Gasteiger partial charge is 0.573 e. The van der Waals surface area contributed by atoms with E-state index in [1.165, 1.54) is 23.3 Å². The number of aromatic hydroxyl groups is 1. The highest BCUT2D eigenvalue weighted by Gasteiger charge is 2.56. The standard InChI is InChI=1S/C26H25F3O3/c1-25-11-10-21-20-9-5-18(30)13-16(20)4-8-22(21)23(25)14-17(24(25)31)12-15-2-6-19(7-3-15)32-26(27,28)29/h2-3,5-7,9,12-13,21-23,30H,4,8,10-11,14H2,1H3. The molecule has 4 atom stereocenters. The third-order valence-corrected chi connectivity index (χ3v) is 7.80. The third kappa shape index (κ3) is 3.59. The summed E-state index contributed by atoms with van der Waals surface area (Å²) < 4.78 is 41.1. The molecule has 6 heteroatoms. The molecule has 0 heterocycles. The van der Waals surface area contributed by atoms with Crippen LogP contribution in [0.2, 0.25) is 0 Å². The summed E-state index contributed by atoms with van der Waals surface area (Å²) in [6.07, 6.45) is 1.50. The Morgan fingerprint density at radius 2 is 1.88 bits per heavy atom. The quantitative estimate of drug-likeness (QED) is 0.547. The summed E-state index contributed by atoms with van der Waals surface area (Å²) in [5, 5.41) is 9.84. The Balaban J connectivity index is 1.40. The first-order valence-corrected chi connectivity index (χ1v) is 11.1. The maximum atomic E-state index is 13.4. The van der Waals surface area contributed by atoms with Gasteiger partial charge in [0.2, 0.25) is 0 Å². The van der Waals surface area contributed by atoms with Gasteiger partial charge in [-0.05, 0) is 102 Å². The highest BCUT2D eigenvalue weighted by Crippen LogP contribution is 2.60. The summed E-state index contributed by atoms with van der Waals surface area (Å²) in [7, 11) is 0. The molecule has 3 aliphatic rings. The fraction of sp³-hybridized carbons (Fsp3) is 0.423. The molecule has 2 fully saturated rings. The van der Waals surface area contributed by atoms with Gasteiger partial charge in [-0.2, -0.15) is 0 Å². The first-order valence-electron chi connectivity index (χ1n) is 11.1. The minimum Gasteiger partial charge on any atom is -0.508 e. The van der Waals surface area contributed by atoms with Crippen LogP contribution in [0.4, 0.5) is 13.2 Å². The number of phenolic OH excluding ortho intramolecular Hbond substituents is 1. The molecule has 3 nitrogen and oxygen atoms in total. The van der Waals surface area contributed by atoms with Crippen molar-refractivity contribution in [3.63, 3.8) is 0 Å². The molecular formula is C26H25F3O3. The van der Waals surface area contributed by atoms with Gasteiger partial charge in [0.25, 0.3) is 0 Å². The minimum absolute atomic E-state index is 0.174. The van der Waals surface area contributed by atoms with Gasteiger partial charge in [0.1, 0.15) is 11.5 Å². The van der Waals surface area contributed by atoms with Gasteiger partial charge in [0, 0.05) is 5.41 Å². The van der Waals surface area contributed by atoms with Crippen LogP contribution in [0.3, 0.4) is 0 Å². The molecule has 0 saturated heterocycles. The average molecular weight is 442 g/mol. The van der Waals surface area contributed by atoms with Crippen LogP contribution >= 0.6 is 0 Å². The molecule has 0 aromatic heterocycles. The SMILES string of the molecule is CC12CCC3c4ccc(O)cc4CCC3C1CC(=Cc1ccc(OC(F)(F)F)cc1)C2=O. The van der Waals surface area contributed by atoms with Crippen molar-refractivity contribution in [2.45, 2.75) is 51.3 Å². The van der Waals surface area contributed by atoms with E-state index in [-0.39, 0.29) is 22.9 Å². The van der Waals surface area contributed by atoms with Gasteiger partial charge in [-0.25, -0.2) is 0 Å². The number of hydrogen-bond donors (Lipinski definition) is 1. The van der Waals surface area contributed by atoms with Crippen molar-refractivity contribution in [1.29, 1.82) is 0 Å².